The van der Waals surface area contributed by atoms with Crippen molar-refractivity contribution >= 4 is 29.0 Å². The summed E-state index contributed by atoms with van der Waals surface area (Å²) in [6, 6.07) is 5.97. The van der Waals surface area contributed by atoms with Gasteiger partial charge in [0.2, 0.25) is 5.91 Å². The zero-order valence-corrected chi connectivity index (χ0v) is 11.2. The van der Waals surface area contributed by atoms with Gasteiger partial charge < -0.3 is 15.7 Å². The van der Waals surface area contributed by atoms with Crippen molar-refractivity contribution in [2.45, 2.75) is 18.2 Å². The third-order valence-electron chi connectivity index (χ3n) is 3.04. The standard InChI is InChI=1S/C13H18N2O2S/c1-2-9(7-16)6-14-10-3-4-12-11(5-10)15-13(17)8-18-12/h3-5,9,14,16H,2,6-8H2,1H3,(H,15,17). The number of rotatable bonds is 5. The number of hydrogen-bond donors (Lipinski definition) is 3. The molecule has 1 aliphatic heterocycles. The minimum Gasteiger partial charge on any atom is -0.396 e. The lowest BCUT2D eigenvalue weighted by Crippen LogP contribution is -2.19. The van der Waals surface area contributed by atoms with Gasteiger partial charge in [0.05, 0.1) is 11.4 Å². The van der Waals surface area contributed by atoms with E-state index in [1.807, 2.05) is 18.2 Å². The first-order chi connectivity index (χ1) is 8.72. The first kappa shape index (κ1) is 13.2. The predicted molar refractivity (Wildman–Crippen MR) is 75.2 cm³/mol. The second-order valence-electron chi connectivity index (χ2n) is 4.39. The van der Waals surface area contributed by atoms with Crippen molar-refractivity contribution < 1.29 is 9.90 Å². The number of fused-ring (bicyclic) bond motifs is 1. The molecule has 1 amide bonds. The molecule has 1 atom stereocenters. The highest BCUT2D eigenvalue weighted by atomic mass is 32.2. The molecule has 1 aliphatic rings. The van der Waals surface area contributed by atoms with Gasteiger partial charge in [0, 0.05) is 23.7 Å². The van der Waals surface area contributed by atoms with Crippen LogP contribution < -0.4 is 10.6 Å². The van der Waals surface area contributed by atoms with Crippen LogP contribution in [0.15, 0.2) is 23.1 Å². The van der Waals surface area contributed by atoms with Crippen molar-refractivity contribution in [3.63, 3.8) is 0 Å². The highest BCUT2D eigenvalue weighted by Crippen LogP contribution is 2.33. The topological polar surface area (TPSA) is 61.4 Å². The minimum atomic E-state index is 0.0476. The fourth-order valence-corrected chi connectivity index (χ4v) is 2.58. The molecule has 0 fully saturated rings. The molecule has 5 heteroatoms. The second-order valence-corrected chi connectivity index (χ2v) is 5.40. The van der Waals surface area contributed by atoms with Gasteiger partial charge in [-0.05, 0) is 30.5 Å². The summed E-state index contributed by atoms with van der Waals surface area (Å²) in [7, 11) is 0. The molecule has 3 N–H and O–H groups in total. The molecular formula is C13H18N2O2S. The van der Waals surface area contributed by atoms with Crippen LogP contribution in [0.5, 0.6) is 0 Å². The monoisotopic (exact) mass is 266 g/mol. The van der Waals surface area contributed by atoms with Gasteiger partial charge >= 0.3 is 0 Å². The lowest BCUT2D eigenvalue weighted by Gasteiger charge is -2.19. The van der Waals surface area contributed by atoms with E-state index in [-0.39, 0.29) is 18.4 Å². The number of aliphatic hydroxyl groups is 1. The van der Waals surface area contributed by atoms with Gasteiger partial charge in [0.1, 0.15) is 0 Å². The highest BCUT2D eigenvalue weighted by Gasteiger charge is 2.15. The maximum Gasteiger partial charge on any atom is 0.234 e. The SMILES string of the molecule is CCC(CO)CNc1ccc2c(c1)NC(=O)CS2. The van der Waals surface area contributed by atoms with Crippen LogP contribution in [-0.4, -0.2) is 29.9 Å². The summed E-state index contributed by atoms with van der Waals surface area (Å²) in [5.41, 5.74) is 1.85. The summed E-state index contributed by atoms with van der Waals surface area (Å²) in [6.07, 6.45) is 0.945. The highest BCUT2D eigenvalue weighted by molar-refractivity contribution is 8.00. The molecule has 4 nitrogen and oxygen atoms in total. The Morgan fingerprint density at radius 1 is 1.56 bits per heavy atom. The Hall–Kier alpha value is -1.20. The minimum absolute atomic E-state index is 0.0476. The van der Waals surface area contributed by atoms with E-state index < -0.39 is 0 Å². The zero-order valence-electron chi connectivity index (χ0n) is 10.4. The molecule has 0 saturated heterocycles. The van der Waals surface area contributed by atoms with Crippen LogP contribution >= 0.6 is 11.8 Å². The number of anilines is 2. The molecule has 0 radical (unpaired) electrons. The number of carbonyl (C=O) groups excluding carboxylic acids is 1. The Balaban J connectivity index is 2.02. The summed E-state index contributed by atoms with van der Waals surface area (Å²) in [6.45, 7) is 3.00. The number of thioether (sulfide) groups is 1. The Bertz CT molecular complexity index is 433. The van der Waals surface area contributed by atoms with E-state index in [1.165, 1.54) is 0 Å². The number of carbonyl (C=O) groups is 1. The fraction of sp³-hybridized carbons (Fsp3) is 0.462. The van der Waals surface area contributed by atoms with E-state index in [2.05, 4.69) is 17.6 Å². The van der Waals surface area contributed by atoms with Crippen molar-refractivity contribution in [3.8, 4) is 0 Å². The average molecular weight is 266 g/mol. The van der Waals surface area contributed by atoms with E-state index in [4.69, 9.17) is 5.11 Å². The first-order valence-corrected chi connectivity index (χ1v) is 7.13. The normalized spacial score (nSPS) is 15.8. The Kier molecular flexibility index (Phi) is 4.49. The van der Waals surface area contributed by atoms with Crippen LogP contribution in [0.1, 0.15) is 13.3 Å². The zero-order chi connectivity index (χ0) is 13.0. The summed E-state index contributed by atoms with van der Waals surface area (Å²) < 4.78 is 0. The van der Waals surface area contributed by atoms with Gasteiger partial charge in [-0.15, -0.1) is 11.8 Å². The molecule has 1 unspecified atom stereocenters. The number of benzene rings is 1. The third kappa shape index (κ3) is 3.17. The van der Waals surface area contributed by atoms with E-state index >= 15 is 0 Å². The second kappa shape index (κ2) is 6.11. The van der Waals surface area contributed by atoms with Crippen molar-refractivity contribution in [1.82, 2.24) is 0 Å². The molecule has 1 heterocycles. The third-order valence-corrected chi connectivity index (χ3v) is 4.12. The Morgan fingerprint density at radius 3 is 3.11 bits per heavy atom. The van der Waals surface area contributed by atoms with Crippen LogP contribution in [0.3, 0.4) is 0 Å². The van der Waals surface area contributed by atoms with E-state index in [0.717, 1.165) is 29.2 Å². The van der Waals surface area contributed by atoms with Gasteiger partial charge in [0.15, 0.2) is 0 Å². The maximum absolute atomic E-state index is 11.3. The summed E-state index contributed by atoms with van der Waals surface area (Å²) in [4.78, 5) is 12.4. The van der Waals surface area contributed by atoms with Crippen molar-refractivity contribution in [2.24, 2.45) is 5.92 Å². The van der Waals surface area contributed by atoms with E-state index in [1.54, 1.807) is 11.8 Å². The predicted octanol–water partition coefficient (Wildman–Crippen LogP) is 2.16. The van der Waals surface area contributed by atoms with Crippen LogP contribution in [0.4, 0.5) is 11.4 Å². The summed E-state index contributed by atoms with van der Waals surface area (Å²) in [5.74, 6) is 0.804. The van der Waals surface area contributed by atoms with Crippen LogP contribution in [0.25, 0.3) is 0 Å². The molecule has 0 aromatic heterocycles. The molecule has 2 rings (SSSR count). The van der Waals surface area contributed by atoms with Gasteiger partial charge in [0.25, 0.3) is 0 Å². The molecule has 18 heavy (non-hydrogen) atoms. The van der Waals surface area contributed by atoms with Crippen molar-refractivity contribution in [1.29, 1.82) is 0 Å². The smallest absolute Gasteiger partial charge is 0.234 e. The quantitative estimate of drug-likeness (QED) is 0.764. The van der Waals surface area contributed by atoms with Gasteiger partial charge in [-0.1, -0.05) is 6.92 Å². The number of amides is 1. The Morgan fingerprint density at radius 2 is 2.39 bits per heavy atom. The fourth-order valence-electron chi connectivity index (χ4n) is 1.79. The van der Waals surface area contributed by atoms with Crippen molar-refractivity contribution in [3.05, 3.63) is 18.2 Å². The molecule has 98 valence electrons. The number of aliphatic hydroxyl groups excluding tert-OH is 1. The van der Waals surface area contributed by atoms with Crippen LogP contribution in [0, 0.1) is 5.92 Å². The van der Waals surface area contributed by atoms with Crippen LogP contribution in [-0.2, 0) is 4.79 Å². The first-order valence-electron chi connectivity index (χ1n) is 6.14. The maximum atomic E-state index is 11.3. The average Bonchev–Trinajstić information content (AvgIpc) is 2.39. The lowest BCUT2D eigenvalue weighted by molar-refractivity contribution is -0.113. The molecule has 1 aromatic rings. The molecule has 1 aromatic carbocycles. The van der Waals surface area contributed by atoms with E-state index in [9.17, 15) is 4.79 Å². The summed E-state index contributed by atoms with van der Waals surface area (Å²) in [5, 5.41) is 15.3. The molecule has 0 saturated carbocycles. The lowest BCUT2D eigenvalue weighted by atomic mass is 10.1. The molecule has 0 aliphatic carbocycles. The molecule has 0 bridgehead atoms. The summed E-state index contributed by atoms with van der Waals surface area (Å²) >= 11 is 1.56. The molecule has 0 spiro atoms. The Labute approximate surface area is 111 Å². The number of hydrogen-bond acceptors (Lipinski definition) is 4. The van der Waals surface area contributed by atoms with Crippen molar-refractivity contribution in [2.75, 3.05) is 29.5 Å². The largest absolute Gasteiger partial charge is 0.396 e. The van der Waals surface area contributed by atoms with Gasteiger partial charge in [-0.3, -0.25) is 4.79 Å². The van der Waals surface area contributed by atoms with E-state index in [0.29, 0.717) is 5.75 Å². The van der Waals surface area contributed by atoms with Gasteiger partial charge in [-0.2, -0.15) is 0 Å². The number of nitrogens with one attached hydrogen (secondary N) is 2. The van der Waals surface area contributed by atoms with Gasteiger partial charge in [-0.25, -0.2) is 0 Å². The van der Waals surface area contributed by atoms with Crippen LogP contribution in [0.2, 0.25) is 0 Å². The molecular weight excluding hydrogens is 248 g/mol.